The molecular formula is C13H21N3O. The van der Waals surface area contributed by atoms with Crippen molar-refractivity contribution in [2.45, 2.75) is 33.1 Å². The number of nitrogens with zero attached hydrogens (tertiary/aromatic N) is 3. The van der Waals surface area contributed by atoms with Gasteiger partial charge in [0.25, 0.3) is 0 Å². The van der Waals surface area contributed by atoms with Gasteiger partial charge < -0.3 is 10.0 Å². The topological polar surface area (TPSA) is 49.2 Å². The van der Waals surface area contributed by atoms with Gasteiger partial charge in [-0.3, -0.25) is 0 Å². The molecule has 0 bridgehead atoms. The largest absolute Gasteiger partial charge is 0.396 e. The zero-order valence-corrected chi connectivity index (χ0v) is 10.7. The van der Waals surface area contributed by atoms with Crippen LogP contribution in [-0.4, -0.2) is 34.8 Å². The second-order valence-electron chi connectivity index (χ2n) is 4.73. The smallest absolute Gasteiger partial charge is 0.132 e. The number of aliphatic hydroxyl groups is 1. The SMILES string of the molecule is CCc1cc(N2CCC(CCO)C2)nc(C)n1. The lowest BCUT2D eigenvalue weighted by Gasteiger charge is -2.18. The minimum Gasteiger partial charge on any atom is -0.396 e. The van der Waals surface area contributed by atoms with E-state index in [0.717, 1.165) is 49.7 Å². The molecule has 0 aromatic carbocycles. The summed E-state index contributed by atoms with van der Waals surface area (Å²) in [7, 11) is 0. The van der Waals surface area contributed by atoms with Crippen molar-refractivity contribution in [3.05, 3.63) is 17.6 Å². The lowest BCUT2D eigenvalue weighted by Crippen LogP contribution is -2.22. The van der Waals surface area contributed by atoms with Gasteiger partial charge in [-0.05, 0) is 32.1 Å². The number of hydrogen-bond acceptors (Lipinski definition) is 4. The Morgan fingerprint density at radius 3 is 3.00 bits per heavy atom. The van der Waals surface area contributed by atoms with Crippen LogP contribution in [0.1, 0.15) is 31.3 Å². The second kappa shape index (κ2) is 5.45. The van der Waals surface area contributed by atoms with Gasteiger partial charge in [-0.15, -0.1) is 0 Å². The molecule has 94 valence electrons. The molecule has 1 N–H and O–H groups in total. The molecule has 0 radical (unpaired) electrons. The van der Waals surface area contributed by atoms with Gasteiger partial charge in [0.05, 0.1) is 0 Å². The molecule has 0 spiro atoms. The lowest BCUT2D eigenvalue weighted by atomic mass is 10.1. The molecule has 0 saturated carbocycles. The number of hydrogen-bond donors (Lipinski definition) is 1. The summed E-state index contributed by atoms with van der Waals surface area (Å²) in [6.45, 7) is 6.42. The highest BCUT2D eigenvalue weighted by atomic mass is 16.3. The third-order valence-electron chi connectivity index (χ3n) is 3.39. The van der Waals surface area contributed by atoms with Crippen LogP contribution in [0.4, 0.5) is 5.82 Å². The van der Waals surface area contributed by atoms with Gasteiger partial charge in [0.1, 0.15) is 11.6 Å². The van der Waals surface area contributed by atoms with E-state index in [4.69, 9.17) is 5.11 Å². The fraction of sp³-hybridized carbons (Fsp3) is 0.692. The van der Waals surface area contributed by atoms with Crippen LogP contribution in [-0.2, 0) is 6.42 Å². The van der Waals surface area contributed by atoms with Gasteiger partial charge >= 0.3 is 0 Å². The highest BCUT2D eigenvalue weighted by Gasteiger charge is 2.23. The van der Waals surface area contributed by atoms with Crippen LogP contribution >= 0.6 is 0 Å². The van der Waals surface area contributed by atoms with Crippen LogP contribution in [0.3, 0.4) is 0 Å². The molecule has 2 rings (SSSR count). The van der Waals surface area contributed by atoms with Crippen LogP contribution in [0.2, 0.25) is 0 Å². The van der Waals surface area contributed by atoms with E-state index < -0.39 is 0 Å². The summed E-state index contributed by atoms with van der Waals surface area (Å²) >= 11 is 0. The maximum Gasteiger partial charge on any atom is 0.132 e. The van der Waals surface area contributed by atoms with Gasteiger partial charge in [-0.25, -0.2) is 9.97 Å². The Labute approximate surface area is 103 Å². The predicted molar refractivity (Wildman–Crippen MR) is 68.2 cm³/mol. The van der Waals surface area contributed by atoms with E-state index in [1.165, 1.54) is 0 Å². The summed E-state index contributed by atoms with van der Waals surface area (Å²) in [5.41, 5.74) is 1.11. The molecule has 1 aromatic rings. The van der Waals surface area contributed by atoms with Crippen molar-refractivity contribution in [2.24, 2.45) is 5.92 Å². The van der Waals surface area contributed by atoms with E-state index in [2.05, 4.69) is 27.9 Å². The Hall–Kier alpha value is -1.16. The van der Waals surface area contributed by atoms with Crippen molar-refractivity contribution in [1.82, 2.24) is 9.97 Å². The summed E-state index contributed by atoms with van der Waals surface area (Å²) < 4.78 is 0. The van der Waals surface area contributed by atoms with E-state index in [9.17, 15) is 0 Å². The Morgan fingerprint density at radius 2 is 2.29 bits per heavy atom. The van der Waals surface area contributed by atoms with Gasteiger partial charge in [0.15, 0.2) is 0 Å². The first-order chi connectivity index (χ1) is 8.22. The number of aromatic nitrogens is 2. The van der Waals surface area contributed by atoms with Gasteiger partial charge in [0.2, 0.25) is 0 Å². The predicted octanol–water partition coefficient (Wildman–Crippen LogP) is 1.56. The highest BCUT2D eigenvalue weighted by molar-refractivity contribution is 5.41. The van der Waals surface area contributed by atoms with Crippen LogP contribution in [0.25, 0.3) is 0 Å². The van der Waals surface area contributed by atoms with Crippen molar-refractivity contribution in [3.8, 4) is 0 Å². The average Bonchev–Trinajstić information content (AvgIpc) is 2.77. The van der Waals surface area contributed by atoms with Crippen LogP contribution in [0.5, 0.6) is 0 Å². The molecule has 1 fully saturated rings. The zero-order chi connectivity index (χ0) is 12.3. The molecule has 1 saturated heterocycles. The molecule has 1 aliphatic rings. The first kappa shape index (κ1) is 12.3. The Kier molecular flexibility index (Phi) is 3.94. The molecular weight excluding hydrogens is 214 g/mol. The minimum absolute atomic E-state index is 0.293. The fourth-order valence-electron chi connectivity index (χ4n) is 2.41. The van der Waals surface area contributed by atoms with Crippen molar-refractivity contribution < 1.29 is 5.11 Å². The van der Waals surface area contributed by atoms with Crippen molar-refractivity contribution in [3.63, 3.8) is 0 Å². The number of aryl methyl sites for hydroxylation is 2. The van der Waals surface area contributed by atoms with E-state index in [-0.39, 0.29) is 0 Å². The van der Waals surface area contributed by atoms with Gasteiger partial charge in [-0.1, -0.05) is 6.92 Å². The minimum atomic E-state index is 0.293. The number of rotatable bonds is 4. The van der Waals surface area contributed by atoms with Gasteiger partial charge in [0, 0.05) is 31.5 Å². The van der Waals surface area contributed by atoms with Crippen molar-refractivity contribution >= 4 is 5.82 Å². The lowest BCUT2D eigenvalue weighted by molar-refractivity contribution is 0.263. The third-order valence-corrected chi connectivity index (χ3v) is 3.39. The third kappa shape index (κ3) is 2.94. The molecule has 1 unspecified atom stereocenters. The molecule has 17 heavy (non-hydrogen) atoms. The molecule has 4 nitrogen and oxygen atoms in total. The maximum atomic E-state index is 8.97. The van der Waals surface area contributed by atoms with E-state index in [1.54, 1.807) is 0 Å². The number of anilines is 1. The standard InChI is InChI=1S/C13H21N3O/c1-3-12-8-13(15-10(2)14-12)16-6-4-11(9-16)5-7-17/h8,11,17H,3-7,9H2,1-2H3. The van der Waals surface area contributed by atoms with Crippen LogP contribution in [0, 0.1) is 12.8 Å². The number of aliphatic hydroxyl groups excluding tert-OH is 1. The summed E-state index contributed by atoms with van der Waals surface area (Å²) in [4.78, 5) is 11.2. The monoisotopic (exact) mass is 235 g/mol. The first-order valence-corrected chi connectivity index (χ1v) is 6.43. The second-order valence-corrected chi connectivity index (χ2v) is 4.73. The Morgan fingerprint density at radius 1 is 1.47 bits per heavy atom. The zero-order valence-electron chi connectivity index (χ0n) is 10.7. The molecule has 1 atom stereocenters. The molecule has 1 aromatic heterocycles. The highest BCUT2D eigenvalue weighted by Crippen LogP contribution is 2.24. The Balaban J connectivity index is 2.10. The Bertz CT molecular complexity index is 381. The van der Waals surface area contributed by atoms with E-state index in [0.29, 0.717) is 12.5 Å². The summed E-state index contributed by atoms with van der Waals surface area (Å²) in [6, 6.07) is 2.09. The molecule has 4 heteroatoms. The van der Waals surface area contributed by atoms with E-state index in [1.807, 2.05) is 6.92 Å². The average molecular weight is 235 g/mol. The molecule has 1 aliphatic heterocycles. The fourth-order valence-corrected chi connectivity index (χ4v) is 2.41. The van der Waals surface area contributed by atoms with Crippen molar-refractivity contribution in [2.75, 3.05) is 24.6 Å². The van der Waals surface area contributed by atoms with Crippen molar-refractivity contribution in [1.29, 1.82) is 0 Å². The summed E-state index contributed by atoms with van der Waals surface area (Å²) in [5.74, 6) is 2.51. The summed E-state index contributed by atoms with van der Waals surface area (Å²) in [6.07, 6.45) is 3.01. The maximum absolute atomic E-state index is 8.97. The molecule has 0 amide bonds. The summed E-state index contributed by atoms with van der Waals surface area (Å²) in [5, 5.41) is 8.97. The van der Waals surface area contributed by atoms with Crippen LogP contribution < -0.4 is 4.90 Å². The normalized spacial score (nSPS) is 19.9. The van der Waals surface area contributed by atoms with Crippen LogP contribution in [0.15, 0.2) is 6.07 Å². The molecule has 2 heterocycles. The van der Waals surface area contributed by atoms with E-state index >= 15 is 0 Å². The molecule has 0 aliphatic carbocycles. The quantitative estimate of drug-likeness (QED) is 0.860. The first-order valence-electron chi connectivity index (χ1n) is 6.43. The van der Waals surface area contributed by atoms with Gasteiger partial charge in [-0.2, -0.15) is 0 Å².